The molecule has 0 aliphatic carbocycles. The maximum absolute atomic E-state index is 12.0. The van der Waals surface area contributed by atoms with E-state index in [9.17, 15) is 9.59 Å². The molecule has 0 unspecified atom stereocenters. The van der Waals surface area contributed by atoms with Crippen molar-refractivity contribution in [3.8, 4) is 0 Å². The van der Waals surface area contributed by atoms with E-state index in [2.05, 4.69) is 17.6 Å². The second-order valence-electron chi connectivity index (χ2n) is 4.79. The molecule has 0 radical (unpaired) electrons. The molecule has 5 nitrogen and oxygen atoms in total. The number of halogens is 1. The lowest BCUT2D eigenvalue weighted by atomic mass is 10.1. The molecule has 0 fully saturated rings. The van der Waals surface area contributed by atoms with Crippen molar-refractivity contribution in [2.24, 2.45) is 0 Å². The van der Waals surface area contributed by atoms with E-state index >= 15 is 0 Å². The summed E-state index contributed by atoms with van der Waals surface area (Å²) in [5.74, 6) is -0.263. The van der Waals surface area contributed by atoms with Crippen LogP contribution in [0.3, 0.4) is 0 Å². The van der Waals surface area contributed by atoms with Crippen molar-refractivity contribution in [1.29, 1.82) is 0 Å². The van der Waals surface area contributed by atoms with Crippen LogP contribution in [-0.2, 0) is 0 Å². The van der Waals surface area contributed by atoms with Crippen LogP contribution in [0.25, 0.3) is 0 Å². The average Bonchev–Trinajstić information content (AvgIpc) is 2.46. The summed E-state index contributed by atoms with van der Waals surface area (Å²) in [4.78, 5) is 25.3. The Morgan fingerprint density at radius 3 is 2.38 bits per heavy atom. The highest BCUT2D eigenvalue weighted by Crippen LogP contribution is 2.07. The van der Waals surface area contributed by atoms with Crippen molar-refractivity contribution >= 4 is 24.2 Å². The van der Waals surface area contributed by atoms with Gasteiger partial charge in [-0.15, -0.1) is 12.4 Å². The molecule has 0 aliphatic heterocycles. The minimum atomic E-state index is -0.156. The minimum Gasteiger partial charge on any atom is -0.351 e. The summed E-state index contributed by atoms with van der Waals surface area (Å²) in [5.41, 5.74) is 1.03. The van der Waals surface area contributed by atoms with Crippen molar-refractivity contribution in [3.05, 3.63) is 35.4 Å². The van der Waals surface area contributed by atoms with E-state index in [0.717, 1.165) is 19.5 Å². The molecular formula is C15H24ClN3O2. The van der Waals surface area contributed by atoms with Crippen LogP contribution in [-0.4, -0.2) is 50.4 Å². The molecular weight excluding hydrogens is 290 g/mol. The molecule has 1 rings (SSSR count). The summed E-state index contributed by atoms with van der Waals surface area (Å²) in [7, 11) is 3.38. The number of carbonyl (C=O) groups excluding carboxylic acids is 2. The average molecular weight is 314 g/mol. The fraction of sp³-hybridized carbons (Fsp3) is 0.467. The first kappa shape index (κ1) is 19.4. The van der Waals surface area contributed by atoms with E-state index in [1.54, 1.807) is 38.4 Å². The van der Waals surface area contributed by atoms with E-state index in [0.29, 0.717) is 17.7 Å². The highest BCUT2D eigenvalue weighted by molar-refractivity contribution is 5.99. The van der Waals surface area contributed by atoms with Gasteiger partial charge in [-0.05, 0) is 31.2 Å². The normalized spacial score (nSPS) is 9.67. The number of hydrogen-bond donors (Lipinski definition) is 2. The van der Waals surface area contributed by atoms with Crippen LogP contribution in [0.2, 0.25) is 0 Å². The van der Waals surface area contributed by atoms with Gasteiger partial charge >= 0.3 is 0 Å². The van der Waals surface area contributed by atoms with Gasteiger partial charge in [0.05, 0.1) is 0 Å². The van der Waals surface area contributed by atoms with Crippen LogP contribution in [0.15, 0.2) is 24.3 Å². The van der Waals surface area contributed by atoms with E-state index in [1.165, 1.54) is 4.90 Å². The van der Waals surface area contributed by atoms with Crippen molar-refractivity contribution < 1.29 is 9.59 Å². The predicted octanol–water partition coefficient (Wildman–Crippen LogP) is 1.54. The second kappa shape index (κ2) is 10.2. The molecule has 21 heavy (non-hydrogen) atoms. The number of rotatable bonds is 7. The molecule has 0 spiro atoms. The van der Waals surface area contributed by atoms with Gasteiger partial charge in [-0.25, -0.2) is 0 Å². The Morgan fingerprint density at radius 1 is 1.10 bits per heavy atom. The Labute approximate surface area is 132 Å². The number of carbonyl (C=O) groups is 2. The molecule has 0 saturated heterocycles. The zero-order valence-corrected chi connectivity index (χ0v) is 13.6. The maximum atomic E-state index is 12.0. The van der Waals surface area contributed by atoms with Crippen molar-refractivity contribution in [2.45, 2.75) is 13.3 Å². The highest BCUT2D eigenvalue weighted by atomic mass is 35.5. The van der Waals surface area contributed by atoms with E-state index in [1.807, 2.05) is 0 Å². The first-order chi connectivity index (χ1) is 9.56. The quantitative estimate of drug-likeness (QED) is 0.751. The number of hydrogen-bond acceptors (Lipinski definition) is 3. The van der Waals surface area contributed by atoms with Crippen LogP contribution in [0.1, 0.15) is 34.1 Å². The molecule has 0 heterocycles. The Kier molecular flexibility index (Phi) is 9.41. The van der Waals surface area contributed by atoms with Gasteiger partial charge in [-0.1, -0.05) is 13.0 Å². The highest BCUT2D eigenvalue weighted by Gasteiger charge is 2.11. The summed E-state index contributed by atoms with van der Waals surface area (Å²) < 4.78 is 0. The summed E-state index contributed by atoms with van der Waals surface area (Å²) in [6.45, 7) is 4.36. The zero-order chi connectivity index (χ0) is 15.0. The SMILES string of the molecule is CCCNCCNC(=O)c1cccc(C(=O)N(C)C)c1.Cl. The minimum absolute atomic E-state index is 0. The molecule has 0 saturated carbocycles. The Morgan fingerprint density at radius 2 is 1.76 bits per heavy atom. The summed E-state index contributed by atoms with van der Waals surface area (Å²) in [6.07, 6.45) is 1.07. The third-order valence-corrected chi connectivity index (χ3v) is 2.79. The summed E-state index contributed by atoms with van der Waals surface area (Å²) in [5, 5.41) is 6.04. The molecule has 0 aliphatic rings. The standard InChI is InChI=1S/C15H23N3O2.ClH/c1-4-8-16-9-10-17-14(19)12-6-5-7-13(11-12)15(20)18(2)3;/h5-7,11,16H,4,8-10H2,1-3H3,(H,17,19);1H. The van der Waals surface area contributed by atoms with Crippen molar-refractivity contribution in [2.75, 3.05) is 33.7 Å². The van der Waals surface area contributed by atoms with Gasteiger partial charge in [0.25, 0.3) is 11.8 Å². The molecule has 1 aromatic carbocycles. The Hall–Kier alpha value is -1.59. The monoisotopic (exact) mass is 313 g/mol. The smallest absolute Gasteiger partial charge is 0.253 e. The lowest BCUT2D eigenvalue weighted by Crippen LogP contribution is -2.32. The van der Waals surface area contributed by atoms with Crippen LogP contribution < -0.4 is 10.6 Å². The van der Waals surface area contributed by atoms with Gasteiger partial charge in [-0.2, -0.15) is 0 Å². The Balaban J connectivity index is 0.00000400. The molecule has 2 N–H and O–H groups in total. The second-order valence-corrected chi connectivity index (χ2v) is 4.79. The van der Waals surface area contributed by atoms with E-state index < -0.39 is 0 Å². The van der Waals surface area contributed by atoms with Crippen molar-refractivity contribution in [3.63, 3.8) is 0 Å². The molecule has 118 valence electrons. The zero-order valence-electron chi connectivity index (χ0n) is 12.8. The lowest BCUT2D eigenvalue weighted by molar-refractivity contribution is 0.0827. The van der Waals surface area contributed by atoms with Gasteiger partial charge < -0.3 is 15.5 Å². The summed E-state index contributed by atoms with van der Waals surface area (Å²) in [6, 6.07) is 6.77. The number of nitrogens with zero attached hydrogens (tertiary/aromatic N) is 1. The van der Waals surface area contributed by atoms with Gasteiger partial charge in [0.2, 0.25) is 0 Å². The largest absolute Gasteiger partial charge is 0.351 e. The molecule has 0 atom stereocenters. The van der Waals surface area contributed by atoms with E-state index in [4.69, 9.17) is 0 Å². The van der Waals surface area contributed by atoms with Gasteiger partial charge in [0, 0.05) is 38.3 Å². The third kappa shape index (κ3) is 6.60. The van der Waals surface area contributed by atoms with Gasteiger partial charge in [0.1, 0.15) is 0 Å². The van der Waals surface area contributed by atoms with Crippen LogP contribution in [0, 0.1) is 0 Å². The third-order valence-electron chi connectivity index (χ3n) is 2.79. The molecule has 6 heteroatoms. The number of amides is 2. The summed E-state index contributed by atoms with van der Waals surface area (Å²) >= 11 is 0. The lowest BCUT2D eigenvalue weighted by Gasteiger charge is -2.11. The molecule has 0 bridgehead atoms. The van der Waals surface area contributed by atoms with Crippen LogP contribution >= 0.6 is 12.4 Å². The molecule has 1 aromatic rings. The van der Waals surface area contributed by atoms with Gasteiger partial charge in [-0.3, -0.25) is 9.59 Å². The van der Waals surface area contributed by atoms with Gasteiger partial charge in [0.15, 0.2) is 0 Å². The Bertz CT molecular complexity index is 464. The fourth-order valence-electron chi connectivity index (χ4n) is 1.72. The van der Waals surface area contributed by atoms with Crippen LogP contribution in [0.5, 0.6) is 0 Å². The number of benzene rings is 1. The first-order valence-electron chi connectivity index (χ1n) is 6.87. The molecule has 0 aromatic heterocycles. The molecule has 2 amide bonds. The maximum Gasteiger partial charge on any atom is 0.253 e. The van der Waals surface area contributed by atoms with E-state index in [-0.39, 0.29) is 24.2 Å². The van der Waals surface area contributed by atoms with Crippen LogP contribution in [0.4, 0.5) is 0 Å². The topological polar surface area (TPSA) is 61.4 Å². The number of nitrogens with one attached hydrogen (secondary N) is 2. The fourth-order valence-corrected chi connectivity index (χ4v) is 1.72. The van der Waals surface area contributed by atoms with Crippen molar-refractivity contribution in [1.82, 2.24) is 15.5 Å². The predicted molar refractivity (Wildman–Crippen MR) is 87.2 cm³/mol. The first-order valence-corrected chi connectivity index (χ1v) is 6.87.